The van der Waals surface area contributed by atoms with Crippen LogP contribution >= 0.6 is 0 Å². The second-order valence-electron chi connectivity index (χ2n) is 8.69. The van der Waals surface area contributed by atoms with Crippen LogP contribution in [0.3, 0.4) is 0 Å². The van der Waals surface area contributed by atoms with Gasteiger partial charge in [0.1, 0.15) is 22.7 Å². The van der Waals surface area contributed by atoms with E-state index in [0.29, 0.717) is 5.52 Å². The predicted octanol–water partition coefficient (Wildman–Crippen LogP) is 3.18. The lowest BCUT2D eigenvalue weighted by atomic mass is 10.0. The average Bonchev–Trinajstić information content (AvgIpc) is 2.97. The largest absolute Gasteiger partial charge is 0.506 e. The molecule has 0 atom stereocenters. The molecule has 3 aromatic carbocycles. The summed E-state index contributed by atoms with van der Waals surface area (Å²) in [6, 6.07) is 20.3. The Kier molecular flexibility index (Phi) is 6.49. The third-order valence-corrected chi connectivity index (χ3v) is 6.24. The second-order valence-corrected chi connectivity index (χ2v) is 8.69. The number of nitro benzene ring substituents is 1. The summed E-state index contributed by atoms with van der Waals surface area (Å²) in [5.41, 5.74) is -2.58. The molecule has 0 bridgehead atoms. The van der Waals surface area contributed by atoms with Crippen LogP contribution in [0.15, 0.2) is 94.5 Å². The quantitative estimate of drug-likeness (QED) is 0.189. The van der Waals surface area contributed by atoms with E-state index in [1.807, 2.05) is 0 Å². The van der Waals surface area contributed by atoms with Crippen molar-refractivity contribution in [1.29, 1.82) is 0 Å². The number of aryl methyl sites for hydroxylation is 1. The van der Waals surface area contributed by atoms with Crippen LogP contribution in [0.25, 0.3) is 16.6 Å². The van der Waals surface area contributed by atoms with Crippen molar-refractivity contribution in [1.82, 2.24) is 14.3 Å². The zero-order chi connectivity index (χ0) is 28.6. The van der Waals surface area contributed by atoms with Gasteiger partial charge in [-0.25, -0.2) is 0 Å². The number of pyridine rings is 1. The number of para-hydroxylation sites is 1. The highest BCUT2D eigenvalue weighted by atomic mass is 16.6. The number of non-ortho nitro benzene ring substituents is 1. The third-order valence-electron chi connectivity index (χ3n) is 6.24. The molecule has 5 rings (SSSR count). The molecule has 2 heterocycles. The van der Waals surface area contributed by atoms with Gasteiger partial charge in [-0.15, -0.1) is 0 Å². The number of carbonyl (C=O) groups is 2. The average molecular weight is 537 g/mol. The molecular formula is C28H19N5O7. The van der Waals surface area contributed by atoms with E-state index in [2.05, 4.69) is 10.4 Å². The summed E-state index contributed by atoms with van der Waals surface area (Å²) in [4.78, 5) is 63.5. The minimum Gasteiger partial charge on any atom is -0.506 e. The molecule has 12 nitrogen and oxygen atoms in total. The number of carbonyl (C=O) groups excluding carboxylic acids is 2. The smallest absolute Gasteiger partial charge is 0.295 e. The van der Waals surface area contributed by atoms with Gasteiger partial charge in [-0.2, -0.15) is 9.78 Å². The Morgan fingerprint density at radius 1 is 0.925 bits per heavy atom. The van der Waals surface area contributed by atoms with E-state index >= 15 is 0 Å². The first-order valence-electron chi connectivity index (χ1n) is 11.8. The molecule has 0 fully saturated rings. The zero-order valence-electron chi connectivity index (χ0n) is 20.8. The number of benzene rings is 3. The summed E-state index contributed by atoms with van der Waals surface area (Å²) in [6.07, 6.45) is 0. The number of nitro groups is 1. The first-order valence-corrected chi connectivity index (χ1v) is 11.8. The van der Waals surface area contributed by atoms with E-state index in [9.17, 15) is 34.4 Å². The highest BCUT2D eigenvalue weighted by Gasteiger charge is 2.26. The minimum atomic E-state index is -1.00. The summed E-state index contributed by atoms with van der Waals surface area (Å²) in [5.74, 6) is -2.22. The van der Waals surface area contributed by atoms with Gasteiger partial charge in [0.15, 0.2) is 0 Å². The number of fused-ring (bicyclic) bond motifs is 1. The highest BCUT2D eigenvalue weighted by molar-refractivity contribution is 6.12. The number of hydrogen-bond donors (Lipinski definition) is 2. The van der Waals surface area contributed by atoms with Crippen molar-refractivity contribution in [3.8, 4) is 11.4 Å². The number of anilines is 1. The molecule has 0 saturated heterocycles. The van der Waals surface area contributed by atoms with Crippen molar-refractivity contribution in [2.75, 3.05) is 5.32 Å². The Morgan fingerprint density at radius 3 is 2.25 bits per heavy atom. The number of rotatable bonds is 6. The van der Waals surface area contributed by atoms with Gasteiger partial charge >= 0.3 is 0 Å². The summed E-state index contributed by atoms with van der Waals surface area (Å²) < 4.78 is 1.98. The molecule has 0 aliphatic heterocycles. The standard InChI is InChI=1S/C28H19N5O7/c1-31-22-10-6-5-9-19(22)24(34)23(28(31)38)25(35)20-15-21(29-26(36)16-7-3-2-4-8-16)27(37)32(30-20)17-11-13-18(14-12-17)33(39)40/h2-15,34H,1H3,(H,29,36). The number of nitrogens with zero attached hydrogens (tertiary/aromatic N) is 4. The van der Waals surface area contributed by atoms with E-state index in [1.54, 1.807) is 36.4 Å². The lowest BCUT2D eigenvalue weighted by Gasteiger charge is -2.13. The molecule has 0 aliphatic rings. The Balaban J connectivity index is 1.70. The van der Waals surface area contributed by atoms with Gasteiger partial charge in [-0.1, -0.05) is 30.3 Å². The van der Waals surface area contributed by atoms with Crippen molar-refractivity contribution in [2.24, 2.45) is 7.05 Å². The summed E-state index contributed by atoms with van der Waals surface area (Å²) in [7, 11) is 1.44. The molecule has 1 amide bonds. The zero-order valence-corrected chi connectivity index (χ0v) is 20.8. The molecule has 2 aromatic heterocycles. The molecule has 0 unspecified atom stereocenters. The number of nitrogens with one attached hydrogen (secondary N) is 1. The van der Waals surface area contributed by atoms with Crippen molar-refractivity contribution >= 4 is 34.0 Å². The van der Waals surface area contributed by atoms with Gasteiger partial charge in [0.05, 0.1) is 16.1 Å². The monoisotopic (exact) mass is 537 g/mol. The lowest BCUT2D eigenvalue weighted by molar-refractivity contribution is -0.384. The Hall–Kier alpha value is -5.91. The fourth-order valence-corrected chi connectivity index (χ4v) is 4.18. The van der Waals surface area contributed by atoms with Gasteiger partial charge < -0.3 is 15.0 Å². The van der Waals surface area contributed by atoms with Crippen LogP contribution in [0.2, 0.25) is 0 Å². The van der Waals surface area contributed by atoms with Crippen molar-refractivity contribution in [3.63, 3.8) is 0 Å². The molecule has 12 heteroatoms. The predicted molar refractivity (Wildman–Crippen MR) is 145 cm³/mol. The molecule has 5 aromatic rings. The molecule has 0 radical (unpaired) electrons. The maximum absolute atomic E-state index is 13.7. The maximum atomic E-state index is 13.7. The SMILES string of the molecule is Cn1c(=O)c(C(=O)c2cc(NC(=O)c3ccccc3)c(=O)n(-c3ccc([N+](=O)[O-])cc3)n2)c(O)c2ccccc21. The molecular weight excluding hydrogens is 518 g/mol. The van der Waals surface area contributed by atoms with Crippen LogP contribution in [0.5, 0.6) is 5.75 Å². The Labute approximate surface area is 224 Å². The Bertz CT molecular complexity index is 1950. The van der Waals surface area contributed by atoms with E-state index in [4.69, 9.17) is 0 Å². The van der Waals surface area contributed by atoms with Gasteiger partial charge in [0.25, 0.3) is 22.7 Å². The van der Waals surface area contributed by atoms with Crippen LogP contribution < -0.4 is 16.4 Å². The fraction of sp³-hybridized carbons (Fsp3) is 0.0357. The third kappa shape index (κ3) is 4.49. The van der Waals surface area contributed by atoms with Crippen molar-refractivity contribution in [3.05, 3.63) is 133 Å². The molecule has 0 aliphatic carbocycles. The number of amides is 1. The first-order chi connectivity index (χ1) is 19.2. The first kappa shape index (κ1) is 25.7. The molecule has 40 heavy (non-hydrogen) atoms. The Morgan fingerprint density at radius 2 is 1.57 bits per heavy atom. The second kappa shape index (κ2) is 10.1. The minimum absolute atomic E-state index is 0.0519. The summed E-state index contributed by atoms with van der Waals surface area (Å²) in [5, 5.41) is 28.8. The number of aromatic hydroxyl groups is 1. The normalized spacial score (nSPS) is 10.8. The summed E-state index contributed by atoms with van der Waals surface area (Å²) >= 11 is 0. The van der Waals surface area contributed by atoms with Crippen molar-refractivity contribution < 1.29 is 19.6 Å². The maximum Gasteiger partial charge on any atom is 0.295 e. The van der Waals surface area contributed by atoms with Crippen LogP contribution in [0.1, 0.15) is 26.4 Å². The number of ketones is 1. The number of aromatic nitrogens is 3. The van der Waals surface area contributed by atoms with Gasteiger partial charge in [-0.3, -0.25) is 29.3 Å². The van der Waals surface area contributed by atoms with Crippen LogP contribution in [-0.2, 0) is 7.05 Å². The molecule has 0 spiro atoms. The van der Waals surface area contributed by atoms with Crippen LogP contribution in [0.4, 0.5) is 11.4 Å². The highest BCUT2D eigenvalue weighted by Crippen LogP contribution is 2.27. The molecule has 198 valence electrons. The topological polar surface area (TPSA) is 166 Å². The fourth-order valence-electron chi connectivity index (χ4n) is 4.18. The molecule has 0 saturated carbocycles. The number of hydrogen-bond acceptors (Lipinski definition) is 8. The summed E-state index contributed by atoms with van der Waals surface area (Å²) in [6.45, 7) is 0. The van der Waals surface area contributed by atoms with Crippen LogP contribution in [-0.4, -0.2) is 36.1 Å². The van der Waals surface area contributed by atoms with E-state index in [1.165, 1.54) is 41.9 Å². The van der Waals surface area contributed by atoms with Gasteiger partial charge in [0, 0.05) is 30.1 Å². The van der Waals surface area contributed by atoms with E-state index in [-0.39, 0.29) is 28.0 Å². The van der Waals surface area contributed by atoms with Gasteiger partial charge in [0.2, 0.25) is 5.78 Å². The van der Waals surface area contributed by atoms with Crippen LogP contribution in [0, 0.1) is 10.1 Å². The van der Waals surface area contributed by atoms with E-state index in [0.717, 1.165) is 22.9 Å². The van der Waals surface area contributed by atoms with E-state index < -0.39 is 44.7 Å². The van der Waals surface area contributed by atoms with Crippen molar-refractivity contribution in [2.45, 2.75) is 0 Å². The lowest BCUT2D eigenvalue weighted by Crippen LogP contribution is -2.31. The van der Waals surface area contributed by atoms with Gasteiger partial charge in [-0.05, 0) is 42.5 Å². The molecule has 2 N–H and O–H groups in total.